The van der Waals surface area contributed by atoms with E-state index in [-0.39, 0.29) is 11.3 Å². The van der Waals surface area contributed by atoms with Gasteiger partial charge in [-0.25, -0.2) is 4.98 Å². The van der Waals surface area contributed by atoms with Gasteiger partial charge in [0.05, 0.1) is 6.07 Å². The molecule has 0 aliphatic rings. The lowest BCUT2D eigenvalue weighted by Gasteiger charge is -1.82. The van der Waals surface area contributed by atoms with Crippen LogP contribution in [-0.2, 0) is 0 Å². The summed E-state index contributed by atoms with van der Waals surface area (Å²) in [6.45, 7) is 0. The zero-order valence-electron chi connectivity index (χ0n) is 4.77. The minimum atomic E-state index is -0.338. The molecule has 0 atom stereocenters. The summed E-state index contributed by atoms with van der Waals surface area (Å²) < 4.78 is 1.10. The summed E-state index contributed by atoms with van der Waals surface area (Å²) in [5, 5.41) is 9.21. The van der Waals surface area contributed by atoms with Gasteiger partial charge in [0, 0.05) is 6.20 Å². The molecule has 0 unspecified atom stereocenters. The van der Waals surface area contributed by atoms with Crippen molar-refractivity contribution in [3.63, 3.8) is 0 Å². The van der Waals surface area contributed by atoms with Crippen molar-refractivity contribution in [1.29, 1.82) is 0 Å². The first-order valence-electron chi connectivity index (χ1n) is 2.54. The first-order valence-corrected chi connectivity index (χ1v) is 2.54. The van der Waals surface area contributed by atoms with Crippen LogP contribution in [0.5, 0.6) is 0 Å². The van der Waals surface area contributed by atoms with Gasteiger partial charge in [0.2, 0.25) is 0 Å². The third-order valence-corrected chi connectivity index (χ3v) is 1.06. The van der Waals surface area contributed by atoms with E-state index in [0.717, 1.165) is 4.52 Å². The third-order valence-electron chi connectivity index (χ3n) is 1.06. The van der Waals surface area contributed by atoms with Crippen LogP contribution in [-0.4, -0.2) is 25.0 Å². The summed E-state index contributed by atoms with van der Waals surface area (Å²) >= 11 is 0. The Morgan fingerprint density at radius 1 is 1.70 bits per heavy atom. The Balaban J connectivity index is 3.09. The summed E-state index contributed by atoms with van der Waals surface area (Å²) in [6, 6.07) is 2.35. The second-order valence-corrected chi connectivity index (χ2v) is 1.64. The maximum absolute atomic E-state index is 10.8. The van der Waals surface area contributed by atoms with E-state index >= 15 is 0 Å². The number of rotatable bonds is 0. The van der Waals surface area contributed by atoms with Gasteiger partial charge in [-0.3, -0.25) is 4.79 Å². The second-order valence-electron chi connectivity index (χ2n) is 1.64. The maximum Gasteiger partial charge on any atom is 0.283 e. The van der Waals surface area contributed by atoms with Crippen molar-refractivity contribution < 1.29 is 0 Å². The minimum Gasteiger partial charge on any atom is -0.267 e. The highest BCUT2D eigenvalue weighted by Gasteiger charge is 1.96. The predicted molar refractivity (Wildman–Crippen MR) is 30.2 cm³/mol. The van der Waals surface area contributed by atoms with Gasteiger partial charge in [-0.15, -0.1) is 0 Å². The van der Waals surface area contributed by atoms with Crippen LogP contribution < -0.4 is 5.56 Å². The Morgan fingerprint density at radius 3 is 3.40 bits per heavy atom. The van der Waals surface area contributed by atoms with Crippen molar-refractivity contribution in [1.82, 2.24) is 25.0 Å². The van der Waals surface area contributed by atoms with Crippen LogP contribution in [0.4, 0.5) is 0 Å². The summed E-state index contributed by atoms with van der Waals surface area (Å²) in [4.78, 5) is 14.5. The molecule has 0 aromatic carbocycles. The number of aromatic nitrogens is 5. The van der Waals surface area contributed by atoms with E-state index in [2.05, 4.69) is 26.6 Å². The Labute approximate surface area is 54.5 Å². The fourth-order valence-corrected chi connectivity index (χ4v) is 0.631. The Hall–Kier alpha value is -1.72. The van der Waals surface area contributed by atoms with Crippen LogP contribution >= 0.6 is 0 Å². The van der Waals surface area contributed by atoms with Crippen LogP contribution in [0.25, 0.3) is 5.78 Å². The standard InChI is InChI=1S/C4H2N5O/c10-3-1-2-5-4-6-7-8-9(3)4/h2H,(H,5,6,8). The number of nitrogens with zero attached hydrogens (tertiary/aromatic N) is 4. The molecule has 0 saturated heterocycles. The number of hydrogen-bond donors (Lipinski definition) is 1. The molecule has 0 aliphatic carbocycles. The van der Waals surface area contributed by atoms with Crippen LogP contribution in [0, 0.1) is 6.07 Å². The monoisotopic (exact) mass is 136 g/mol. The molecular formula is C4H2N5O. The Kier molecular flexibility index (Phi) is 0.830. The zero-order chi connectivity index (χ0) is 6.97. The molecule has 2 rings (SSSR count). The number of H-pyrrole nitrogens is 1. The van der Waals surface area contributed by atoms with E-state index < -0.39 is 0 Å². The van der Waals surface area contributed by atoms with Crippen molar-refractivity contribution in [3.05, 3.63) is 22.6 Å². The molecule has 0 fully saturated rings. The summed E-state index contributed by atoms with van der Waals surface area (Å²) in [6.07, 6.45) is 1.26. The Morgan fingerprint density at radius 2 is 2.60 bits per heavy atom. The van der Waals surface area contributed by atoms with E-state index in [0.29, 0.717) is 0 Å². The maximum atomic E-state index is 10.8. The number of hydrogen-bond acceptors (Lipinski definition) is 4. The molecular weight excluding hydrogens is 134 g/mol. The number of nitrogens with one attached hydrogen (secondary N) is 1. The molecule has 2 aromatic heterocycles. The van der Waals surface area contributed by atoms with E-state index in [1.54, 1.807) is 0 Å². The molecule has 1 radical (unpaired) electrons. The predicted octanol–water partition coefficient (Wildman–Crippen LogP) is -1.39. The number of aromatic amines is 1. The average molecular weight is 136 g/mol. The van der Waals surface area contributed by atoms with Crippen molar-refractivity contribution in [2.75, 3.05) is 0 Å². The molecule has 2 heterocycles. The molecule has 6 nitrogen and oxygen atoms in total. The van der Waals surface area contributed by atoms with Crippen molar-refractivity contribution >= 4 is 5.78 Å². The van der Waals surface area contributed by atoms with E-state index in [4.69, 9.17) is 0 Å². The minimum absolute atomic E-state index is 0.253. The number of tetrazole rings is 1. The molecule has 49 valence electrons. The smallest absolute Gasteiger partial charge is 0.267 e. The summed E-state index contributed by atoms with van der Waals surface area (Å²) in [7, 11) is 0. The first-order chi connectivity index (χ1) is 4.88. The summed E-state index contributed by atoms with van der Waals surface area (Å²) in [5.41, 5.74) is -0.338. The third kappa shape index (κ3) is 0.524. The molecule has 6 heteroatoms. The highest BCUT2D eigenvalue weighted by atomic mass is 16.1. The van der Waals surface area contributed by atoms with Crippen molar-refractivity contribution in [3.8, 4) is 0 Å². The SMILES string of the molecule is O=c1[c]cnc2nn[nH]n12. The van der Waals surface area contributed by atoms with Gasteiger partial charge in [0.1, 0.15) is 0 Å². The fraction of sp³-hybridized carbons (Fsp3) is 0. The van der Waals surface area contributed by atoms with Gasteiger partial charge in [0.15, 0.2) is 0 Å². The van der Waals surface area contributed by atoms with Gasteiger partial charge < -0.3 is 0 Å². The quantitative estimate of drug-likeness (QED) is 0.484. The molecule has 1 N–H and O–H groups in total. The highest BCUT2D eigenvalue weighted by molar-refractivity contribution is 5.19. The molecule has 0 amide bonds. The largest absolute Gasteiger partial charge is 0.283 e. The van der Waals surface area contributed by atoms with Crippen LogP contribution in [0.1, 0.15) is 0 Å². The molecule has 0 aliphatic heterocycles. The fourth-order valence-electron chi connectivity index (χ4n) is 0.631. The molecule has 10 heavy (non-hydrogen) atoms. The number of fused-ring (bicyclic) bond motifs is 1. The molecule has 2 aromatic rings. The van der Waals surface area contributed by atoms with E-state index in [9.17, 15) is 4.79 Å². The Bertz CT molecular complexity index is 401. The summed E-state index contributed by atoms with van der Waals surface area (Å²) in [5.74, 6) is 0.253. The zero-order valence-corrected chi connectivity index (χ0v) is 4.77. The van der Waals surface area contributed by atoms with Crippen LogP contribution in [0.2, 0.25) is 0 Å². The van der Waals surface area contributed by atoms with Crippen LogP contribution in [0.15, 0.2) is 11.0 Å². The second kappa shape index (κ2) is 1.63. The molecule has 0 spiro atoms. The van der Waals surface area contributed by atoms with Gasteiger partial charge in [-0.05, 0) is 5.21 Å². The van der Waals surface area contributed by atoms with Crippen LogP contribution in [0.3, 0.4) is 0 Å². The van der Waals surface area contributed by atoms with E-state index in [1.807, 2.05) is 0 Å². The van der Waals surface area contributed by atoms with Gasteiger partial charge >= 0.3 is 0 Å². The lowest BCUT2D eigenvalue weighted by atomic mass is 10.7. The first kappa shape index (κ1) is 5.10. The van der Waals surface area contributed by atoms with Gasteiger partial charge in [-0.2, -0.15) is 9.73 Å². The molecule has 0 bridgehead atoms. The average Bonchev–Trinajstić information content (AvgIpc) is 2.36. The highest BCUT2D eigenvalue weighted by Crippen LogP contribution is 1.79. The normalized spacial score (nSPS) is 10.4. The lowest BCUT2D eigenvalue weighted by molar-refractivity contribution is 0.799. The van der Waals surface area contributed by atoms with Gasteiger partial charge in [0.25, 0.3) is 11.3 Å². The van der Waals surface area contributed by atoms with Crippen molar-refractivity contribution in [2.24, 2.45) is 0 Å². The van der Waals surface area contributed by atoms with Crippen molar-refractivity contribution in [2.45, 2.75) is 0 Å². The molecule has 0 saturated carbocycles. The van der Waals surface area contributed by atoms with Gasteiger partial charge in [-0.1, -0.05) is 5.10 Å². The van der Waals surface area contributed by atoms with E-state index in [1.165, 1.54) is 6.20 Å². The lowest BCUT2D eigenvalue weighted by Crippen LogP contribution is -2.13. The topological polar surface area (TPSA) is 75.9 Å².